The molecule has 6 heteroatoms. The molecular weight excluding hydrogens is 286 g/mol. The fourth-order valence-electron chi connectivity index (χ4n) is 2.01. The SMILES string of the molecule is CCOc1ccc(CCCC(=O)NC(C(=O)O)C(C)O)cc1. The molecular formula is C16H23NO5. The van der Waals surface area contributed by atoms with E-state index in [1.54, 1.807) is 0 Å². The van der Waals surface area contributed by atoms with Crippen LogP contribution >= 0.6 is 0 Å². The number of carbonyl (C=O) groups is 2. The predicted octanol–water partition coefficient (Wildman–Crippen LogP) is 1.36. The molecule has 0 saturated heterocycles. The van der Waals surface area contributed by atoms with Gasteiger partial charge in [0.15, 0.2) is 6.04 Å². The molecule has 0 aliphatic carbocycles. The molecule has 1 amide bonds. The quantitative estimate of drug-likeness (QED) is 0.640. The molecule has 0 fully saturated rings. The molecule has 0 radical (unpaired) electrons. The van der Waals surface area contributed by atoms with Crippen molar-refractivity contribution in [3.8, 4) is 5.75 Å². The van der Waals surface area contributed by atoms with Gasteiger partial charge in [0.1, 0.15) is 5.75 Å². The van der Waals surface area contributed by atoms with Gasteiger partial charge in [0.2, 0.25) is 5.91 Å². The Morgan fingerprint density at radius 2 is 1.91 bits per heavy atom. The molecule has 122 valence electrons. The van der Waals surface area contributed by atoms with Crippen molar-refractivity contribution in [2.24, 2.45) is 0 Å². The summed E-state index contributed by atoms with van der Waals surface area (Å²) in [7, 11) is 0. The smallest absolute Gasteiger partial charge is 0.328 e. The van der Waals surface area contributed by atoms with Gasteiger partial charge in [0.05, 0.1) is 12.7 Å². The second kappa shape index (κ2) is 9.04. The molecule has 0 aromatic heterocycles. The number of rotatable bonds is 9. The second-order valence-electron chi connectivity index (χ2n) is 5.05. The Kier molecular flexibility index (Phi) is 7.39. The number of ether oxygens (including phenoxy) is 1. The fourth-order valence-corrected chi connectivity index (χ4v) is 2.01. The number of carbonyl (C=O) groups excluding carboxylic acids is 1. The number of benzene rings is 1. The third kappa shape index (κ3) is 6.13. The Bertz CT molecular complexity index is 484. The molecule has 1 rings (SSSR count). The number of aryl methyl sites for hydroxylation is 1. The van der Waals surface area contributed by atoms with Crippen LogP contribution in [0.5, 0.6) is 5.75 Å². The van der Waals surface area contributed by atoms with E-state index in [1.165, 1.54) is 6.92 Å². The minimum atomic E-state index is -1.27. The first-order valence-corrected chi connectivity index (χ1v) is 7.36. The van der Waals surface area contributed by atoms with Gasteiger partial charge >= 0.3 is 5.97 Å². The monoisotopic (exact) mass is 309 g/mol. The first-order valence-electron chi connectivity index (χ1n) is 7.36. The van der Waals surface area contributed by atoms with Crippen molar-refractivity contribution in [3.63, 3.8) is 0 Å². The van der Waals surface area contributed by atoms with Crippen molar-refractivity contribution < 1.29 is 24.5 Å². The van der Waals surface area contributed by atoms with E-state index in [0.717, 1.165) is 11.3 Å². The highest BCUT2D eigenvalue weighted by atomic mass is 16.5. The molecule has 6 nitrogen and oxygen atoms in total. The minimum absolute atomic E-state index is 0.212. The third-order valence-electron chi connectivity index (χ3n) is 3.17. The Balaban J connectivity index is 2.36. The van der Waals surface area contributed by atoms with Crippen LogP contribution in [-0.4, -0.2) is 40.8 Å². The number of hydrogen-bond donors (Lipinski definition) is 3. The van der Waals surface area contributed by atoms with Crippen molar-refractivity contribution >= 4 is 11.9 Å². The van der Waals surface area contributed by atoms with E-state index in [4.69, 9.17) is 9.84 Å². The number of hydrogen-bond acceptors (Lipinski definition) is 4. The van der Waals surface area contributed by atoms with E-state index in [0.29, 0.717) is 19.4 Å². The molecule has 22 heavy (non-hydrogen) atoms. The maximum Gasteiger partial charge on any atom is 0.328 e. The lowest BCUT2D eigenvalue weighted by Gasteiger charge is -2.16. The van der Waals surface area contributed by atoms with Crippen LogP contribution in [0, 0.1) is 0 Å². The van der Waals surface area contributed by atoms with Gasteiger partial charge < -0.3 is 20.3 Å². The number of aliphatic hydroxyl groups is 1. The van der Waals surface area contributed by atoms with Crippen LogP contribution in [-0.2, 0) is 16.0 Å². The van der Waals surface area contributed by atoms with E-state index in [2.05, 4.69) is 5.32 Å². The number of carboxylic acids is 1. The van der Waals surface area contributed by atoms with E-state index in [9.17, 15) is 14.7 Å². The van der Waals surface area contributed by atoms with Crippen LogP contribution < -0.4 is 10.1 Å². The van der Waals surface area contributed by atoms with Crippen molar-refractivity contribution in [2.75, 3.05) is 6.61 Å². The summed E-state index contributed by atoms with van der Waals surface area (Å²) in [5.74, 6) is -0.806. The average molecular weight is 309 g/mol. The Morgan fingerprint density at radius 1 is 1.27 bits per heavy atom. The molecule has 0 saturated carbocycles. The van der Waals surface area contributed by atoms with Crippen molar-refractivity contribution in [3.05, 3.63) is 29.8 Å². The van der Waals surface area contributed by atoms with Gasteiger partial charge in [-0.1, -0.05) is 12.1 Å². The lowest BCUT2D eigenvalue weighted by molar-refractivity contribution is -0.144. The number of carboxylic acid groups (broad SMARTS) is 1. The van der Waals surface area contributed by atoms with Crippen molar-refractivity contribution in [1.82, 2.24) is 5.32 Å². The molecule has 2 unspecified atom stereocenters. The normalized spacial score (nSPS) is 13.2. The molecule has 0 bridgehead atoms. The fraction of sp³-hybridized carbons (Fsp3) is 0.500. The van der Waals surface area contributed by atoms with Gasteiger partial charge in [-0.3, -0.25) is 4.79 Å². The molecule has 0 heterocycles. The maximum absolute atomic E-state index is 11.7. The van der Waals surface area contributed by atoms with E-state index >= 15 is 0 Å². The highest BCUT2D eigenvalue weighted by Crippen LogP contribution is 2.13. The summed E-state index contributed by atoms with van der Waals surface area (Å²) in [5, 5.41) is 20.5. The van der Waals surface area contributed by atoms with Crippen molar-refractivity contribution in [1.29, 1.82) is 0 Å². The van der Waals surface area contributed by atoms with Gasteiger partial charge in [-0.15, -0.1) is 0 Å². The van der Waals surface area contributed by atoms with Crippen LogP contribution in [0.3, 0.4) is 0 Å². The van der Waals surface area contributed by atoms with Gasteiger partial charge in [0, 0.05) is 6.42 Å². The summed E-state index contributed by atoms with van der Waals surface area (Å²) in [6.07, 6.45) is 0.398. The van der Waals surface area contributed by atoms with E-state index in [-0.39, 0.29) is 12.3 Å². The zero-order chi connectivity index (χ0) is 16.5. The summed E-state index contributed by atoms with van der Waals surface area (Å²) in [6.45, 7) is 3.87. The topological polar surface area (TPSA) is 95.9 Å². The summed E-state index contributed by atoms with van der Waals surface area (Å²) in [6, 6.07) is 6.38. The first-order chi connectivity index (χ1) is 10.4. The number of aliphatic carboxylic acids is 1. The van der Waals surface area contributed by atoms with Crippen LogP contribution in [0.2, 0.25) is 0 Å². The number of nitrogens with one attached hydrogen (secondary N) is 1. The summed E-state index contributed by atoms with van der Waals surface area (Å²) in [4.78, 5) is 22.6. The Labute approximate surface area is 130 Å². The van der Waals surface area contributed by atoms with E-state index in [1.807, 2.05) is 31.2 Å². The van der Waals surface area contributed by atoms with Crippen molar-refractivity contribution in [2.45, 2.75) is 45.3 Å². The van der Waals surface area contributed by atoms with Crippen LogP contribution in [0.1, 0.15) is 32.3 Å². The second-order valence-corrected chi connectivity index (χ2v) is 5.05. The Hall–Kier alpha value is -2.08. The lowest BCUT2D eigenvalue weighted by Crippen LogP contribution is -2.47. The summed E-state index contributed by atoms with van der Waals surface area (Å²) < 4.78 is 5.35. The maximum atomic E-state index is 11.7. The molecule has 0 aliphatic heterocycles. The number of aliphatic hydroxyl groups excluding tert-OH is 1. The predicted molar refractivity (Wildman–Crippen MR) is 81.8 cm³/mol. The molecule has 2 atom stereocenters. The van der Waals surface area contributed by atoms with Gasteiger partial charge in [-0.2, -0.15) is 0 Å². The summed E-state index contributed by atoms with van der Waals surface area (Å²) in [5.41, 5.74) is 1.08. The van der Waals surface area contributed by atoms with Crippen LogP contribution in [0.25, 0.3) is 0 Å². The Morgan fingerprint density at radius 3 is 2.41 bits per heavy atom. The zero-order valence-electron chi connectivity index (χ0n) is 12.9. The first kappa shape index (κ1) is 18.0. The van der Waals surface area contributed by atoms with Gasteiger partial charge in [0.25, 0.3) is 0 Å². The molecule has 3 N–H and O–H groups in total. The number of amides is 1. The minimum Gasteiger partial charge on any atom is -0.494 e. The standard InChI is InChI=1S/C16H23NO5/c1-3-22-13-9-7-12(8-10-13)5-4-6-14(19)17-15(11(2)18)16(20)21/h7-11,15,18H,3-6H2,1-2H3,(H,17,19)(H,20,21). The van der Waals surface area contributed by atoms with Gasteiger partial charge in [-0.25, -0.2) is 4.79 Å². The largest absolute Gasteiger partial charge is 0.494 e. The highest BCUT2D eigenvalue weighted by Gasteiger charge is 2.24. The molecule has 0 aliphatic rings. The zero-order valence-corrected chi connectivity index (χ0v) is 12.9. The molecule has 1 aromatic rings. The summed E-state index contributed by atoms with van der Waals surface area (Å²) >= 11 is 0. The molecule has 0 spiro atoms. The van der Waals surface area contributed by atoms with Gasteiger partial charge in [-0.05, 0) is 44.4 Å². The highest BCUT2D eigenvalue weighted by molar-refractivity contribution is 5.83. The lowest BCUT2D eigenvalue weighted by atomic mass is 10.1. The van der Waals surface area contributed by atoms with E-state index < -0.39 is 18.1 Å². The third-order valence-corrected chi connectivity index (χ3v) is 3.17. The average Bonchev–Trinajstić information content (AvgIpc) is 2.46. The molecule has 1 aromatic carbocycles. The van der Waals surface area contributed by atoms with Crippen LogP contribution in [0.4, 0.5) is 0 Å². The van der Waals surface area contributed by atoms with Crippen LogP contribution in [0.15, 0.2) is 24.3 Å².